The number of aromatic hydroxyl groups is 1. The molecule has 0 fully saturated rings. The second kappa shape index (κ2) is 9.84. The predicted octanol–water partition coefficient (Wildman–Crippen LogP) is 3.88. The molecule has 144 valence electrons. The van der Waals surface area contributed by atoms with Crippen molar-refractivity contribution >= 4 is 34.9 Å². The lowest BCUT2D eigenvalue weighted by Gasteiger charge is -2.10. The normalized spacial score (nSPS) is 10.3. The van der Waals surface area contributed by atoms with Gasteiger partial charge in [-0.2, -0.15) is 0 Å². The highest BCUT2D eigenvalue weighted by molar-refractivity contribution is 6.35. The maximum atomic E-state index is 11.8. The number of rotatable bonds is 8. The summed E-state index contributed by atoms with van der Waals surface area (Å²) in [6, 6.07) is 8.05. The number of hydrogen-bond donors (Lipinski definition) is 3. The first-order valence-electron chi connectivity index (χ1n) is 7.92. The molecule has 0 atom stereocenters. The van der Waals surface area contributed by atoms with E-state index in [-0.39, 0.29) is 23.5 Å². The fourth-order valence-corrected chi connectivity index (χ4v) is 2.58. The highest BCUT2D eigenvalue weighted by atomic mass is 35.5. The van der Waals surface area contributed by atoms with Crippen LogP contribution in [-0.2, 0) is 6.54 Å². The highest BCUT2D eigenvalue weighted by Crippen LogP contribution is 2.27. The maximum absolute atomic E-state index is 11.8. The number of amides is 2. The molecule has 27 heavy (non-hydrogen) atoms. The zero-order chi connectivity index (χ0) is 19.8. The first-order valence-corrected chi connectivity index (χ1v) is 8.68. The smallest absolute Gasteiger partial charge is 0.315 e. The van der Waals surface area contributed by atoms with Gasteiger partial charge in [-0.15, -0.1) is 0 Å². The molecule has 2 aromatic rings. The Balaban J connectivity index is 1.69. The lowest BCUT2D eigenvalue weighted by Crippen LogP contribution is -2.36. The summed E-state index contributed by atoms with van der Waals surface area (Å²) in [6.07, 6.45) is 0.536. The van der Waals surface area contributed by atoms with Crippen molar-refractivity contribution in [3.05, 3.63) is 62.1 Å². The van der Waals surface area contributed by atoms with Crippen molar-refractivity contribution in [3.8, 4) is 11.5 Å². The van der Waals surface area contributed by atoms with Gasteiger partial charge < -0.3 is 20.5 Å². The average molecular weight is 414 g/mol. The quantitative estimate of drug-likeness (QED) is 0.345. The van der Waals surface area contributed by atoms with Gasteiger partial charge in [0.05, 0.1) is 16.6 Å². The number of nitro groups is 1. The molecule has 0 saturated heterocycles. The number of nitrogens with zero attached hydrogens (tertiary/aromatic N) is 1. The van der Waals surface area contributed by atoms with Crippen molar-refractivity contribution in [1.29, 1.82) is 0 Å². The van der Waals surface area contributed by atoms with Crippen LogP contribution in [0.3, 0.4) is 0 Å². The number of phenols is 1. The Kier molecular flexibility index (Phi) is 7.51. The van der Waals surface area contributed by atoms with E-state index in [0.717, 1.165) is 0 Å². The third-order valence-corrected chi connectivity index (χ3v) is 4.00. The third-order valence-electron chi connectivity index (χ3n) is 3.47. The summed E-state index contributed by atoms with van der Waals surface area (Å²) in [6.45, 7) is 0.640. The van der Waals surface area contributed by atoms with E-state index in [1.807, 2.05) is 0 Å². The summed E-state index contributed by atoms with van der Waals surface area (Å²) in [5, 5.41) is 26.5. The summed E-state index contributed by atoms with van der Waals surface area (Å²) in [5.74, 6) is 0.376. The zero-order valence-electron chi connectivity index (χ0n) is 14.1. The second-order valence-electron chi connectivity index (χ2n) is 5.46. The van der Waals surface area contributed by atoms with E-state index >= 15 is 0 Å². The Hall–Kier alpha value is -2.71. The van der Waals surface area contributed by atoms with Gasteiger partial charge >= 0.3 is 6.03 Å². The topological polar surface area (TPSA) is 114 Å². The molecule has 2 rings (SSSR count). The van der Waals surface area contributed by atoms with Crippen LogP contribution in [0.25, 0.3) is 0 Å². The number of halogens is 2. The maximum Gasteiger partial charge on any atom is 0.315 e. The molecule has 10 heteroatoms. The highest BCUT2D eigenvalue weighted by Gasteiger charge is 2.11. The molecule has 0 aliphatic carbocycles. The predicted molar refractivity (Wildman–Crippen MR) is 102 cm³/mol. The molecule has 0 unspecified atom stereocenters. The Morgan fingerprint density at radius 3 is 2.67 bits per heavy atom. The minimum absolute atomic E-state index is 0.0454. The summed E-state index contributed by atoms with van der Waals surface area (Å²) >= 11 is 11.8. The van der Waals surface area contributed by atoms with E-state index in [0.29, 0.717) is 35.4 Å². The van der Waals surface area contributed by atoms with Gasteiger partial charge in [0.1, 0.15) is 11.5 Å². The van der Waals surface area contributed by atoms with Crippen LogP contribution in [0.1, 0.15) is 12.0 Å². The van der Waals surface area contributed by atoms with E-state index < -0.39 is 11.0 Å². The number of non-ortho nitro benzene ring substituents is 1. The lowest BCUT2D eigenvalue weighted by atomic mass is 10.2. The molecule has 0 bridgehead atoms. The summed E-state index contributed by atoms with van der Waals surface area (Å²) in [4.78, 5) is 21.9. The van der Waals surface area contributed by atoms with Crippen LogP contribution in [0.2, 0.25) is 10.0 Å². The van der Waals surface area contributed by atoms with Gasteiger partial charge in [-0.25, -0.2) is 4.79 Å². The molecule has 8 nitrogen and oxygen atoms in total. The van der Waals surface area contributed by atoms with Gasteiger partial charge in [-0.05, 0) is 30.7 Å². The zero-order valence-corrected chi connectivity index (χ0v) is 15.6. The van der Waals surface area contributed by atoms with Crippen LogP contribution >= 0.6 is 23.2 Å². The Labute approximate surface area is 165 Å². The first-order chi connectivity index (χ1) is 12.9. The Morgan fingerprint density at radius 2 is 1.96 bits per heavy atom. The number of urea groups is 1. The number of carbonyl (C=O) groups excluding carboxylic acids is 1. The van der Waals surface area contributed by atoms with Crippen molar-refractivity contribution in [1.82, 2.24) is 10.6 Å². The van der Waals surface area contributed by atoms with Crippen LogP contribution in [-0.4, -0.2) is 29.2 Å². The van der Waals surface area contributed by atoms with Gasteiger partial charge in [0, 0.05) is 35.8 Å². The molecule has 0 aromatic heterocycles. The monoisotopic (exact) mass is 413 g/mol. The van der Waals surface area contributed by atoms with Crippen LogP contribution in [0.4, 0.5) is 10.5 Å². The van der Waals surface area contributed by atoms with Gasteiger partial charge in [-0.1, -0.05) is 23.2 Å². The van der Waals surface area contributed by atoms with E-state index in [4.69, 9.17) is 27.9 Å². The van der Waals surface area contributed by atoms with Gasteiger partial charge in [-0.3, -0.25) is 10.1 Å². The van der Waals surface area contributed by atoms with Gasteiger partial charge in [0.2, 0.25) is 0 Å². The van der Waals surface area contributed by atoms with Gasteiger partial charge in [0.15, 0.2) is 0 Å². The van der Waals surface area contributed by atoms with Crippen molar-refractivity contribution < 1.29 is 19.6 Å². The minimum atomic E-state index is -0.573. The number of ether oxygens (including phenoxy) is 1. The Morgan fingerprint density at radius 1 is 1.19 bits per heavy atom. The lowest BCUT2D eigenvalue weighted by molar-refractivity contribution is -0.384. The first kappa shape index (κ1) is 20.6. The molecule has 0 heterocycles. The fourth-order valence-electron chi connectivity index (χ4n) is 2.11. The van der Waals surface area contributed by atoms with Gasteiger partial charge in [0.25, 0.3) is 5.69 Å². The molecule has 3 N–H and O–H groups in total. The van der Waals surface area contributed by atoms with E-state index in [9.17, 15) is 20.0 Å². The number of nitro benzene ring substituents is 1. The fraction of sp³-hybridized carbons (Fsp3) is 0.235. The molecular formula is C17H17Cl2N3O5. The number of carbonyl (C=O) groups is 1. The van der Waals surface area contributed by atoms with Crippen LogP contribution in [0.15, 0.2) is 36.4 Å². The molecule has 0 radical (unpaired) electrons. The third kappa shape index (κ3) is 6.50. The molecular weight excluding hydrogens is 397 g/mol. The number of nitrogens with one attached hydrogen (secondary N) is 2. The molecule has 2 aromatic carbocycles. The van der Waals surface area contributed by atoms with Crippen LogP contribution < -0.4 is 15.4 Å². The number of phenolic OH excluding ortho intramolecular Hbond substituents is 1. The number of benzene rings is 2. The van der Waals surface area contributed by atoms with E-state index in [2.05, 4.69) is 10.6 Å². The van der Waals surface area contributed by atoms with Crippen molar-refractivity contribution in [2.75, 3.05) is 13.2 Å². The molecule has 0 aliphatic heterocycles. The van der Waals surface area contributed by atoms with Crippen molar-refractivity contribution in [2.24, 2.45) is 0 Å². The minimum Gasteiger partial charge on any atom is -0.508 e. The van der Waals surface area contributed by atoms with E-state index in [1.165, 1.54) is 18.2 Å². The summed E-state index contributed by atoms with van der Waals surface area (Å²) in [5.41, 5.74) is 0.0862. The largest absolute Gasteiger partial charge is 0.508 e. The molecule has 0 spiro atoms. The SMILES string of the molecule is O=C(NCCCOc1ccc(Cl)cc1Cl)NCc1cc([N+](=O)[O-])ccc1O. The standard InChI is InChI=1S/C17H17Cl2N3O5/c18-12-2-5-16(14(19)9-12)27-7-1-6-20-17(24)21-10-11-8-13(22(25)26)3-4-15(11)23/h2-5,8-9,23H,1,6-7,10H2,(H2,20,21,24). The molecule has 2 amide bonds. The van der Waals surface area contributed by atoms with E-state index in [1.54, 1.807) is 18.2 Å². The summed E-state index contributed by atoms with van der Waals surface area (Å²) in [7, 11) is 0. The summed E-state index contributed by atoms with van der Waals surface area (Å²) < 4.78 is 5.50. The number of hydrogen-bond acceptors (Lipinski definition) is 5. The van der Waals surface area contributed by atoms with Crippen LogP contribution in [0.5, 0.6) is 11.5 Å². The average Bonchev–Trinajstić information content (AvgIpc) is 2.62. The Bertz CT molecular complexity index is 832. The van der Waals surface area contributed by atoms with Crippen molar-refractivity contribution in [2.45, 2.75) is 13.0 Å². The van der Waals surface area contributed by atoms with Crippen LogP contribution in [0, 0.1) is 10.1 Å². The molecule has 0 aliphatic rings. The second-order valence-corrected chi connectivity index (χ2v) is 6.30. The van der Waals surface area contributed by atoms with Crippen molar-refractivity contribution in [3.63, 3.8) is 0 Å². The molecule has 0 saturated carbocycles.